The molecule has 1 aliphatic carbocycles. The minimum absolute atomic E-state index is 0.156. The Morgan fingerprint density at radius 3 is 2.50 bits per heavy atom. The molecule has 1 aliphatic rings. The van der Waals surface area contributed by atoms with Crippen molar-refractivity contribution >= 4 is 33.5 Å². The molecule has 6 nitrogen and oxygen atoms in total. The molecule has 0 aliphatic heterocycles. The van der Waals surface area contributed by atoms with E-state index in [0.29, 0.717) is 18.3 Å². The van der Waals surface area contributed by atoms with Crippen molar-refractivity contribution < 1.29 is 10.2 Å². The zero-order valence-electron chi connectivity index (χ0n) is 20.8. The average Bonchev–Trinajstić information content (AvgIpc) is 3.07. The molecule has 188 valence electrons. The number of imidazole rings is 1. The molecule has 4 N–H and O–H groups in total. The Kier molecular flexibility index (Phi) is 7.54. The quantitative estimate of drug-likeness (QED) is 0.232. The molecule has 4 aromatic rings. The molecule has 5 rings (SSSR count). The number of nitrogens with one attached hydrogen (secondary N) is 2. The predicted molar refractivity (Wildman–Crippen MR) is 148 cm³/mol. The van der Waals surface area contributed by atoms with Crippen molar-refractivity contribution in [2.24, 2.45) is 0 Å². The molecule has 0 unspecified atom stereocenters. The molecule has 0 bridgehead atoms. The summed E-state index contributed by atoms with van der Waals surface area (Å²) in [4.78, 5) is 5.06. The van der Waals surface area contributed by atoms with Crippen LogP contribution in [0.15, 0.2) is 67.2 Å². The van der Waals surface area contributed by atoms with E-state index in [1.807, 2.05) is 12.1 Å². The van der Waals surface area contributed by atoms with Gasteiger partial charge >= 0.3 is 0 Å². The number of aromatic nitrogens is 2. The van der Waals surface area contributed by atoms with Crippen LogP contribution in [-0.4, -0.2) is 39.0 Å². The second kappa shape index (κ2) is 11.1. The van der Waals surface area contributed by atoms with Crippen LogP contribution < -0.4 is 10.6 Å². The first-order valence-corrected chi connectivity index (χ1v) is 13.1. The number of nitrogens with zero attached hydrogens (tertiary/aromatic N) is 2. The first-order valence-electron chi connectivity index (χ1n) is 13.1. The standard InChI is InChI=1S/C30H36N4O2/c1-21(32-25(19-35)20-36)23-15-16-29-28(17-23)33-30(34(29)26-12-4-2-3-5-13-26)31-18-24-11-8-10-22-9-6-7-14-27(22)24/h6-11,14-17,25-26,32,35-36H,1-5,12-13,18-20H2,(H,31,33). The Morgan fingerprint density at radius 2 is 1.72 bits per heavy atom. The maximum atomic E-state index is 9.43. The molecule has 0 atom stereocenters. The average molecular weight is 485 g/mol. The minimum Gasteiger partial charge on any atom is -0.394 e. The molecule has 36 heavy (non-hydrogen) atoms. The second-order valence-electron chi connectivity index (χ2n) is 9.83. The summed E-state index contributed by atoms with van der Waals surface area (Å²) in [6.07, 6.45) is 7.42. The van der Waals surface area contributed by atoms with Crippen LogP contribution in [0.3, 0.4) is 0 Å². The molecule has 6 heteroatoms. The van der Waals surface area contributed by atoms with E-state index in [-0.39, 0.29) is 13.2 Å². The number of aliphatic hydroxyl groups excluding tert-OH is 2. The number of rotatable bonds is 9. The van der Waals surface area contributed by atoms with E-state index in [2.05, 4.69) is 70.3 Å². The summed E-state index contributed by atoms with van der Waals surface area (Å²) in [7, 11) is 0. The fourth-order valence-corrected chi connectivity index (χ4v) is 5.40. The van der Waals surface area contributed by atoms with Crippen molar-refractivity contribution in [3.05, 3.63) is 78.4 Å². The highest BCUT2D eigenvalue weighted by molar-refractivity contribution is 5.86. The number of anilines is 1. The number of hydrogen-bond acceptors (Lipinski definition) is 5. The largest absolute Gasteiger partial charge is 0.394 e. The van der Waals surface area contributed by atoms with Crippen LogP contribution in [0.4, 0.5) is 5.95 Å². The van der Waals surface area contributed by atoms with Crippen LogP contribution in [0, 0.1) is 0 Å². The molecule has 0 radical (unpaired) electrons. The lowest BCUT2D eigenvalue weighted by Crippen LogP contribution is -2.34. The summed E-state index contributed by atoms with van der Waals surface area (Å²) in [5.74, 6) is 0.907. The van der Waals surface area contributed by atoms with E-state index < -0.39 is 6.04 Å². The summed E-state index contributed by atoms with van der Waals surface area (Å²) in [6.45, 7) is 4.51. The normalized spacial score (nSPS) is 14.9. The highest BCUT2D eigenvalue weighted by atomic mass is 16.3. The SMILES string of the molecule is C=C(NC(CO)CO)c1ccc2c(c1)nc(NCc1cccc3ccccc13)n2C1CCCCCC1. The van der Waals surface area contributed by atoms with Crippen LogP contribution in [0.2, 0.25) is 0 Å². The van der Waals surface area contributed by atoms with Gasteiger partial charge in [-0.05, 0) is 46.9 Å². The van der Waals surface area contributed by atoms with E-state index in [1.165, 1.54) is 54.9 Å². The summed E-state index contributed by atoms with van der Waals surface area (Å²) in [5.41, 5.74) is 4.87. The summed E-state index contributed by atoms with van der Waals surface area (Å²) < 4.78 is 2.41. The van der Waals surface area contributed by atoms with Crippen molar-refractivity contribution in [3.8, 4) is 0 Å². The van der Waals surface area contributed by atoms with E-state index in [0.717, 1.165) is 22.5 Å². The molecule has 3 aromatic carbocycles. The van der Waals surface area contributed by atoms with Gasteiger partial charge in [-0.2, -0.15) is 0 Å². The molecule has 0 saturated heterocycles. The van der Waals surface area contributed by atoms with Gasteiger partial charge in [0.15, 0.2) is 0 Å². The van der Waals surface area contributed by atoms with Gasteiger partial charge in [0, 0.05) is 18.3 Å². The molecular weight excluding hydrogens is 448 g/mol. The Hall–Kier alpha value is -3.35. The van der Waals surface area contributed by atoms with Crippen molar-refractivity contribution in [1.29, 1.82) is 0 Å². The van der Waals surface area contributed by atoms with E-state index >= 15 is 0 Å². The first-order chi connectivity index (χ1) is 17.7. The van der Waals surface area contributed by atoms with Gasteiger partial charge in [-0.1, -0.05) is 80.8 Å². The van der Waals surface area contributed by atoms with Gasteiger partial charge in [-0.25, -0.2) is 4.98 Å². The van der Waals surface area contributed by atoms with Gasteiger partial charge in [0.2, 0.25) is 5.95 Å². The number of hydrogen-bond donors (Lipinski definition) is 4. The molecule has 1 aromatic heterocycles. The van der Waals surface area contributed by atoms with Gasteiger partial charge in [0.25, 0.3) is 0 Å². The van der Waals surface area contributed by atoms with Crippen molar-refractivity contribution in [2.75, 3.05) is 18.5 Å². The fourth-order valence-electron chi connectivity index (χ4n) is 5.40. The Morgan fingerprint density at radius 1 is 0.972 bits per heavy atom. The smallest absolute Gasteiger partial charge is 0.204 e. The molecule has 0 spiro atoms. The van der Waals surface area contributed by atoms with Gasteiger partial charge in [0.1, 0.15) is 0 Å². The fraction of sp³-hybridized carbons (Fsp3) is 0.367. The number of fused-ring (bicyclic) bond motifs is 2. The van der Waals surface area contributed by atoms with Crippen LogP contribution >= 0.6 is 0 Å². The maximum absolute atomic E-state index is 9.43. The summed E-state index contributed by atoms with van der Waals surface area (Å²) in [6, 6.07) is 21.2. The Bertz CT molecular complexity index is 1330. The van der Waals surface area contributed by atoms with Gasteiger partial charge in [0.05, 0.1) is 30.3 Å². The highest BCUT2D eigenvalue weighted by Gasteiger charge is 2.21. The Labute approximate surface area is 212 Å². The molecule has 1 fully saturated rings. The van der Waals surface area contributed by atoms with Crippen molar-refractivity contribution in [3.63, 3.8) is 0 Å². The molecule has 1 heterocycles. The lowest BCUT2D eigenvalue weighted by molar-refractivity contribution is 0.182. The second-order valence-corrected chi connectivity index (χ2v) is 9.83. The first kappa shape index (κ1) is 24.3. The topological polar surface area (TPSA) is 82.3 Å². The lowest BCUT2D eigenvalue weighted by atomic mass is 10.0. The maximum Gasteiger partial charge on any atom is 0.204 e. The molecular formula is C30H36N4O2. The molecule has 1 saturated carbocycles. The zero-order chi connectivity index (χ0) is 24.9. The third-order valence-corrected chi connectivity index (χ3v) is 7.36. The third-order valence-electron chi connectivity index (χ3n) is 7.36. The highest BCUT2D eigenvalue weighted by Crippen LogP contribution is 2.34. The zero-order valence-corrected chi connectivity index (χ0v) is 20.8. The van der Waals surface area contributed by atoms with E-state index in [4.69, 9.17) is 4.98 Å². The summed E-state index contributed by atoms with van der Waals surface area (Å²) >= 11 is 0. The number of benzene rings is 3. The van der Waals surface area contributed by atoms with Crippen molar-refractivity contribution in [1.82, 2.24) is 14.9 Å². The minimum atomic E-state index is -0.435. The van der Waals surface area contributed by atoms with Crippen molar-refractivity contribution in [2.45, 2.75) is 57.2 Å². The van der Waals surface area contributed by atoms with Crippen LogP contribution in [0.5, 0.6) is 0 Å². The van der Waals surface area contributed by atoms with Gasteiger partial charge < -0.3 is 25.4 Å². The van der Waals surface area contributed by atoms with Gasteiger partial charge in [-0.15, -0.1) is 0 Å². The van der Waals surface area contributed by atoms with Crippen LogP contribution in [0.1, 0.15) is 55.7 Å². The van der Waals surface area contributed by atoms with Crippen LogP contribution in [0.25, 0.3) is 27.5 Å². The lowest BCUT2D eigenvalue weighted by Gasteiger charge is -2.21. The van der Waals surface area contributed by atoms with Gasteiger partial charge in [-0.3, -0.25) is 0 Å². The third kappa shape index (κ3) is 5.11. The van der Waals surface area contributed by atoms with E-state index in [9.17, 15) is 10.2 Å². The molecule has 0 amide bonds. The predicted octanol–water partition coefficient (Wildman–Crippen LogP) is 5.61. The Balaban J connectivity index is 1.49. The van der Waals surface area contributed by atoms with Crippen LogP contribution in [-0.2, 0) is 6.54 Å². The summed E-state index contributed by atoms with van der Waals surface area (Å²) in [5, 5.41) is 28.2. The van der Waals surface area contributed by atoms with E-state index in [1.54, 1.807) is 0 Å². The monoisotopic (exact) mass is 484 g/mol. The number of aliphatic hydroxyl groups is 2.